The molecule has 2 rings (SSSR count). The number of ether oxygens (including phenoxy) is 1. The number of nitrogens with two attached hydrogens (primary N) is 1. The quantitative estimate of drug-likeness (QED) is 0.812. The van der Waals surface area contributed by atoms with E-state index in [1.54, 1.807) is 0 Å². The summed E-state index contributed by atoms with van der Waals surface area (Å²) in [7, 11) is -3.77. The van der Waals surface area contributed by atoms with E-state index in [0.29, 0.717) is 6.61 Å². The average Bonchev–Trinajstić information content (AvgIpc) is 2.32. The Hall–Kier alpha value is -0.700. The van der Waals surface area contributed by atoms with E-state index < -0.39 is 21.4 Å². The highest BCUT2D eigenvalue weighted by Crippen LogP contribution is 2.30. The number of nitrogens with zero attached hydrogens (tertiary/aromatic N) is 1. The number of rotatable bonds is 2. The normalized spacial score (nSPS) is 20.0. The van der Waals surface area contributed by atoms with Crippen molar-refractivity contribution in [2.45, 2.75) is 24.3 Å². The highest BCUT2D eigenvalue weighted by Gasteiger charge is 2.36. The van der Waals surface area contributed by atoms with Gasteiger partial charge in [-0.1, -0.05) is 0 Å². The van der Waals surface area contributed by atoms with Gasteiger partial charge in [0.1, 0.15) is 10.7 Å². The lowest BCUT2D eigenvalue weighted by atomic mass is 10.1. The molecule has 1 aromatic carbocycles. The van der Waals surface area contributed by atoms with Gasteiger partial charge in [0, 0.05) is 13.1 Å². The second-order valence-corrected chi connectivity index (χ2v) is 8.01. The van der Waals surface area contributed by atoms with Crippen molar-refractivity contribution in [2.24, 2.45) is 0 Å². The van der Waals surface area contributed by atoms with Crippen LogP contribution in [0.5, 0.6) is 0 Å². The van der Waals surface area contributed by atoms with Crippen LogP contribution >= 0.6 is 15.9 Å². The lowest BCUT2D eigenvalue weighted by Crippen LogP contribution is -2.50. The third kappa shape index (κ3) is 2.98. The van der Waals surface area contributed by atoms with E-state index in [2.05, 4.69) is 15.9 Å². The first-order chi connectivity index (χ1) is 9.13. The van der Waals surface area contributed by atoms with Crippen LogP contribution in [0.25, 0.3) is 0 Å². The van der Waals surface area contributed by atoms with Gasteiger partial charge in [0.2, 0.25) is 10.0 Å². The van der Waals surface area contributed by atoms with Crippen LogP contribution in [0.15, 0.2) is 21.5 Å². The Morgan fingerprint density at radius 3 is 2.70 bits per heavy atom. The Labute approximate surface area is 126 Å². The largest absolute Gasteiger partial charge is 0.398 e. The van der Waals surface area contributed by atoms with E-state index in [1.807, 2.05) is 13.8 Å². The Morgan fingerprint density at radius 2 is 2.10 bits per heavy atom. The van der Waals surface area contributed by atoms with Crippen LogP contribution in [-0.4, -0.2) is 38.0 Å². The lowest BCUT2D eigenvalue weighted by molar-refractivity contribution is -0.0640. The zero-order valence-corrected chi connectivity index (χ0v) is 13.6. The molecule has 8 heteroatoms. The summed E-state index contributed by atoms with van der Waals surface area (Å²) < 4.78 is 45.4. The highest BCUT2D eigenvalue weighted by atomic mass is 79.9. The fourth-order valence-electron chi connectivity index (χ4n) is 2.08. The van der Waals surface area contributed by atoms with E-state index in [0.717, 1.165) is 6.07 Å². The number of nitrogen functional groups attached to an aromatic ring is 1. The van der Waals surface area contributed by atoms with Crippen molar-refractivity contribution in [3.05, 3.63) is 22.4 Å². The summed E-state index contributed by atoms with van der Waals surface area (Å²) in [6, 6.07) is 2.20. The predicted molar refractivity (Wildman–Crippen MR) is 77.3 cm³/mol. The van der Waals surface area contributed by atoms with Crippen LogP contribution in [0.4, 0.5) is 10.1 Å². The lowest BCUT2D eigenvalue weighted by Gasteiger charge is -2.37. The molecule has 0 amide bonds. The maximum absolute atomic E-state index is 13.4. The molecule has 20 heavy (non-hydrogen) atoms. The van der Waals surface area contributed by atoms with Crippen molar-refractivity contribution < 1.29 is 17.5 Å². The second-order valence-electron chi connectivity index (χ2n) is 5.25. The molecule has 1 saturated heterocycles. The molecule has 0 bridgehead atoms. The van der Waals surface area contributed by atoms with E-state index in [-0.39, 0.29) is 28.1 Å². The summed E-state index contributed by atoms with van der Waals surface area (Å²) in [5, 5.41) is 0. The smallest absolute Gasteiger partial charge is 0.245 e. The van der Waals surface area contributed by atoms with Crippen LogP contribution in [0, 0.1) is 5.82 Å². The summed E-state index contributed by atoms with van der Waals surface area (Å²) in [5.41, 5.74) is 4.99. The van der Waals surface area contributed by atoms with E-state index in [1.165, 1.54) is 10.4 Å². The van der Waals surface area contributed by atoms with Gasteiger partial charge in [-0.15, -0.1) is 0 Å². The second kappa shape index (κ2) is 5.25. The number of anilines is 1. The molecule has 0 saturated carbocycles. The molecule has 1 aliphatic rings. The van der Waals surface area contributed by atoms with Gasteiger partial charge in [-0.3, -0.25) is 0 Å². The summed E-state index contributed by atoms with van der Waals surface area (Å²) in [6.07, 6.45) is 0. The average molecular weight is 367 g/mol. The Bertz CT molecular complexity index is 634. The summed E-state index contributed by atoms with van der Waals surface area (Å²) >= 11 is 2.98. The highest BCUT2D eigenvalue weighted by molar-refractivity contribution is 9.10. The van der Waals surface area contributed by atoms with Gasteiger partial charge in [-0.05, 0) is 41.9 Å². The number of hydrogen-bond acceptors (Lipinski definition) is 4. The molecular formula is C12H16BrFN2O3S. The minimum absolute atomic E-state index is 0.0674. The van der Waals surface area contributed by atoms with E-state index >= 15 is 0 Å². The third-order valence-electron chi connectivity index (χ3n) is 3.06. The van der Waals surface area contributed by atoms with Crippen molar-refractivity contribution in [2.75, 3.05) is 25.4 Å². The van der Waals surface area contributed by atoms with Crippen molar-refractivity contribution in [3.63, 3.8) is 0 Å². The molecule has 1 aromatic rings. The molecule has 1 heterocycles. The molecule has 0 atom stereocenters. The number of morpholine rings is 1. The van der Waals surface area contributed by atoms with Gasteiger partial charge in [-0.2, -0.15) is 4.31 Å². The van der Waals surface area contributed by atoms with E-state index in [4.69, 9.17) is 10.5 Å². The SMILES string of the molecule is CC1(C)CN(S(=O)(=O)c2cc(Br)c(F)cc2N)CCO1. The van der Waals surface area contributed by atoms with Gasteiger partial charge in [0.15, 0.2) is 0 Å². The first kappa shape index (κ1) is 15.7. The van der Waals surface area contributed by atoms with Crippen molar-refractivity contribution in [1.82, 2.24) is 4.31 Å². The molecule has 0 aromatic heterocycles. The fraction of sp³-hybridized carbons (Fsp3) is 0.500. The molecular weight excluding hydrogens is 351 g/mol. The van der Waals surface area contributed by atoms with Crippen LogP contribution in [0.2, 0.25) is 0 Å². The maximum atomic E-state index is 13.4. The Morgan fingerprint density at radius 1 is 1.45 bits per heavy atom. The van der Waals surface area contributed by atoms with Crippen LogP contribution < -0.4 is 5.73 Å². The van der Waals surface area contributed by atoms with Gasteiger partial charge >= 0.3 is 0 Å². The van der Waals surface area contributed by atoms with Crippen LogP contribution in [0.1, 0.15) is 13.8 Å². The molecule has 1 aliphatic heterocycles. The molecule has 0 unspecified atom stereocenters. The topological polar surface area (TPSA) is 72.6 Å². The number of hydrogen-bond donors (Lipinski definition) is 1. The Kier molecular flexibility index (Phi) is 4.12. The molecule has 112 valence electrons. The van der Waals surface area contributed by atoms with Gasteiger partial charge in [-0.25, -0.2) is 12.8 Å². The monoisotopic (exact) mass is 366 g/mol. The minimum Gasteiger partial charge on any atom is -0.398 e. The zero-order chi connectivity index (χ0) is 15.1. The van der Waals surface area contributed by atoms with Crippen LogP contribution in [0.3, 0.4) is 0 Å². The maximum Gasteiger partial charge on any atom is 0.245 e. The van der Waals surface area contributed by atoms with Crippen molar-refractivity contribution in [3.8, 4) is 0 Å². The Balaban J connectivity index is 2.43. The fourth-order valence-corrected chi connectivity index (χ4v) is 4.28. The molecule has 5 nitrogen and oxygen atoms in total. The summed E-state index contributed by atoms with van der Waals surface area (Å²) in [6.45, 7) is 4.43. The van der Waals surface area contributed by atoms with Crippen molar-refractivity contribution in [1.29, 1.82) is 0 Å². The third-order valence-corrected chi connectivity index (χ3v) is 5.57. The predicted octanol–water partition coefficient (Wildman–Crippen LogP) is 1.97. The molecule has 0 aliphatic carbocycles. The zero-order valence-electron chi connectivity index (χ0n) is 11.2. The first-order valence-electron chi connectivity index (χ1n) is 6.02. The van der Waals surface area contributed by atoms with E-state index in [9.17, 15) is 12.8 Å². The molecule has 0 spiro atoms. The van der Waals surface area contributed by atoms with Crippen molar-refractivity contribution >= 4 is 31.6 Å². The standard InChI is InChI=1S/C12H16BrFN2O3S/c1-12(2)7-16(3-4-19-12)20(17,18)11-5-8(13)9(14)6-10(11)15/h5-6H,3-4,7,15H2,1-2H3. The summed E-state index contributed by atoms with van der Waals surface area (Å²) in [4.78, 5) is -0.0940. The van der Waals surface area contributed by atoms with Gasteiger partial charge < -0.3 is 10.5 Å². The molecule has 2 N–H and O–H groups in total. The van der Waals surface area contributed by atoms with Gasteiger partial charge in [0.05, 0.1) is 22.4 Å². The number of sulfonamides is 1. The van der Waals surface area contributed by atoms with Crippen LogP contribution in [-0.2, 0) is 14.8 Å². The minimum atomic E-state index is -3.77. The number of benzene rings is 1. The molecule has 1 fully saturated rings. The summed E-state index contributed by atoms with van der Waals surface area (Å²) in [5.74, 6) is -0.594. The first-order valence-corrected chi connectivity index (χ1v) is 8.25. The molecule has 0 radical (unpaired) electrons. The van der Waals surface area contributed by atoms with Gasteiger partial charge in [0.25, 0.3) is 0 Å². The number of halogens is 2.